The SMILES string of the molecule is CN(CC(=O)NCCOc1ccccc1)Cc1nccn1C(F)F. The third-order valence-electron chi connectivity index (χ3n) is 3.22. The molecule has 24 heavy (non-hydrogen) atoms. The highest BCUT2D eigenvalue weighted by Gasteiger charge is 2.14. The van der Waals surface area contributed by atoms with Crippen LogP contribution in [0.2, 0.25) is 0 Å². The molecular formula is C16H20F2N4O2. The van der Waals surface area contributed by atoms with Crippen molar-refractivity contribution in [2.45, 2.75) is 13.1 Å². The number of alkyl halides is 2. The molecule has 0 saturated carbocycles. The molecule has 1 heterocycles. The highest BCUT2D eigenvalue weighted by atomic mass is 19.3. The molecule has 6 nitrogen and oxygen atoms in total. The van der Waals surface area contributed by atoms with Crippen molar-refractivity contribution in [2.75, 3.05) is 26.7 Å². The summed E-state index contributed by atoms with van der Waals surface area (Å²) in [6, 6.07) is 9.30. The van der Waals surface area contributed by atoms with E-state index in [1.807, 2.05) is 30.3 Å². The lowest BCUT2D eigenvalue weighted by Gasteiger charge is -2.16. The average Bonchev–Trinajstić information content (AvgIpc) is 3.00. The molecule has 0 atom stereocenters. The molecule has 0 fully saturated rings. The second-order valence-corrected chi connectivity index (χ2v) is 5.21. The summed E-state index contributed by atoms with van der Waals surface area (Å²) in [6.07, 6.45) is 2.53. The van der Waals surface area contributed by atoms with Crippen LogP contribution < -0.4 is 10.1 Å². The summed E-state index contributed by atoms with van der Waals surface area (Å²) < 4.78 is 31.7. The molecule has 0 spiro atoms. The summed E-state index contributed by atoms with van der Waals surface area (Å²) >= 11 is 0. The van der Waals surface area contributed by atoms with Crippen LogP contribution in [0.25, 0.3) is 0 Å². The Balaban J connectivity index is 1.67. The highest BCUT2D eigenvalue weighted by Crippen LogP contribution is 2.13. The number of carbonyl (C=O) groups is 1. The van der Waals surface area contributed by atoms with Gasteiger partial charge in [0, 0.05) is 12.4 Å². The maximum atomic E-state index is 12.7. The molecule has 2 aromatic rings. The number of hydrogen-bond donors (Lipinski definition) is 1. The second-order valence-electron chi connectivity index (χ2n) is 5.21. The Morgan fingerprint density at radius 3 is 2.83 bits per heavy atom. The first-order valence-electron chi connectivity index (χ1n) is 7.49. The number of hydrogen-bond acceptors (Lipinski definition) is 4. The zero-order valence-electron chi connectivity index (χ0n) is 13.4. The van der Waals surface area contributed by atoms with Crippen LogP contribution in [-0.2, 0) is 11.3 Å². The molecule has 8 heteroatoms. The molecule has 0 aliphatic carbocycles. The van der Waals surface area contributed by atoms with Gasteiger partial charge in [-0.05, 0) is 19.2 Å². The smallest absolute Gasteiger partial charge is 0.319 e. The number of ether oxygens (including phenoxy) is 1. The minimum atomic E-state index is -2.64. The Morgan fingerprint density at radius 2 is 2.12 bits per heavy atom. The van der Waals surface area contributed by atoms with Crippen LogP contribution in [0.4, 0.5) is 8.78 Å². The van der Waals surface area contributed by atoms with Crippen LogP contribution in [0, 0.1) is 0 Å². The molecule has 2 rings (SSSR count). The quantitative estimate of drug-likeness (QED) is 0.710. The fourth-order valence-electron chi connectivity index (χ4n) is 2.12. The molecular weight excluding hydrogens is 318 g/mol. The van der Waals surface area contributed by atoms with Gasteiger partial charge in [-0.3, -0.25) is 14.3 Å². The normalized spacial score (nSPS) is 11.0. The van der Waals surface area contributed by atoms with Crippen molar-refractivity contribution >= 4 is 5.91 Å². The number of carbonyl (C=O) groups excluding carboxylic acids is 1. The van der Waals surface area contributed by atoms with Gasteiger partial charge < -0.3 is 10.1 Å². The van der Waals surface area contributed by atoms with E-state index < -0.39 is 6.55 Å². The van der Waals surface area contributed by atoms with Crippen LogP contribution in [0.5, 0.6) is 5.75 Å². The van der Waals surface area contributed by atoms with Gasteiger partial charge in [-0.15, -0.1) is 0 Å². The number of benzene rings is 1. The van der Waals surface area contributed by atoms with Crippen LogP contribution in [0.15, 0.2) is 42.7 Å². The van der Waals surface area contributed by atoms with Crippen LogP contribution in [-0.4, -0.2) is 47.1 Å². The van der Waals surface area contributed by atoms with Gasteiger partial charge in [-0.2, -0.15) is 8.78 Å². The van der Waals surface area contributed by atoms with Crippen molar-refractivity contribution in [3.05, 3.63) is 48.5 Å². The number of aromatic nitrogens is 2. The van der Waals surface area contributed by atoms with Gasteiger partial charge in [0.15, 0.2) is 0 Å². The van der Waals surface area contributed by atoms with E-state index in [1.165, 1.54) is 12.4 Å². The summed E-state index contributed by atoms with van der Waals surface area (Å²) in [6.45, 7) is -1.67. The maximum Gasteiger partial charge on any atom is 0.319 e. The first kappa shape index (κ1) is 17.9. The molecule has 130 valence electrons. The van der Waals surface area contributed by atoms with Crippen molar-refractivity contribution in [3.63, 3.8) is 0 Å². The number of nitrogens with zero attached hydrogens (tertiary/aromatic N) is 3. The number of imidazole rings is 1. The summed E-state index contributed by atoms with van der Waals surface area (Å²) in [5.74, 6) is 0.750. The fraction of sp³-hybridized carbons (Fsp3) is 0.375. The Kier molecular flexibility index (Phi) is 6.68. The maximum absolute atomic E-state index is 12.7. The van der Waals surface area contributed by atoms with Gasteiger partial charge in [-0.1, -0.05) is 18.2 Å². The molecule has 0 unspecified atom stereocenters. The lowest BCUT2D eigenvalue weighted by molar-refractivity contribution is -0.122. The van der Waals surface area contributed by atoms with Gasteiger partial charge in [0.2, 0.25) is 5.91 Å². The molecule has 1 amide bonds. The van der Waals surface area contributed by atoms with Crippen molar-refractivity contribution in [1.29, 1.82) is 0 Å². The first-order chi connectivity index (χ1) is 11.6. The van der Waals surface area contributed by atoms with Gasteiger partial charge in [0.1, 0.15) is 18.2 Å². The van der Waals surface area contributed by atoms with Crippen LogP contribution >= 0.6 is 0 Å². The summed E-state index contributed by atoms with van der Waals surface area (Å²) in [7, 11) is 1.67. The minimum absolute atomic E-state index is 0.0848. The average molecular weight is 338 g/mol. The van der Waals surface area contributed by atoms with Gasteiger partial charge in [0.25, 0.3) is 0 Å². The third-order valence-corrected chi connectivity index (χ3v) is 3.22. The monoisotopic (exact) mass is 338 g/mol. The molecule has 0 saturated heterocycles. The van der Waals surface area contributed by atoms with E-state index in [9.17, 15) is 13.6 Å². The van der Waals surface area contributed by atoms with E-state index in [0.29, 0.717) is 13.2 Å². The molecule has 1 aromatic heterocycles. The Labute approximate surface area is 139 Å². The minimum Gasteiger partial charge on any atom is -0.492 e. The van der Waals surface area contributed by atoms with E-state index in [-0.39, 0.29) is 24.8 Å². The van der Waals surface area contributed by atoms with Crippen molar-refractivity contribution in [3.8, 4) is 5.75 Å². The van der Waals surface area contributed by atoms with Crippen LogP contribution in [0.3, 0.4) is 0 Å². The summed E-state index contributed by atoms with van der Waals surface area (Å²) in [5.41, 5.74) is 0. The molecule has 0 bridgehead atoms. The molecule has 0 aliphatic rings. The van der Waals surface area contributed by atoms with Crippen molar-refractivity contribution in [2.24, 2.45) is 0 Å². The number of amides is 1. The number of rotatable bonds is 9. The Morgan fingerprint density at radius 1 is 1.38 bits per heavy atom. The van der Waals surface area contributed by atoms with Gasteiger partial charge >= 0.3 is 6.55 Å². The first-order valence-corrected chi connectivity index (χ1v) is 7.49. The fourth-order valence-corrected chi connectivity index (χ4v) is 2.12. The predicted octanol–water partition coefficient (Wildman–Crippen LogP) is 1.91. The Hall–Kier alpha value is -2.48. The number of nitrogens with one attached hydrogen (secondary N) is 1. The third kappa shape index (κ3) is 5.62. The Bertz CT molecular complexity index is 634. The molecule has 1 N–H and O–H groups in total. The second kappa shape index (κ2) is 8.97. The van der Waals surface area contributed by atoms with Crippen LogP contribution in [0.1, 0.15) is 12.4 Å². The van der Waals surface area contributed by atoms with E-state index >= 15 is 0 Å². The zero-order valence-corrected chi connectivity index (χ0v) is 13.4. The van der Waals surface area contributed by atoms with E-state index in [2.05, 4.69) is 10.3 Å². The summed E-state index contributed by atoms with van der Waals surface area (Å²) in [5, 5.41) is 2.72. The van der Waals surface area contributed by atoms with Gasteiger partial charge in [-0.25, -0.2) is 4.98 Å². The summed E-state index contributed by atoms with van der Waals surface area (Å²) in [4.78, 5) is 17.3. The van der Waals surface area contributed by atoms with Crippen molar-refractivity contribution < 1.29 is 18.3 Å². The van der Waals surface area contributed by atoms with Crippen molar-refractivity contribution in [1.82, 2.24) is 19.8 Å². The topological polar surface area (TPSA) is 59.4 Å². The standard InChI is InChI=1S/C16H20F2N4O2/c1-21(11-14-19-7-9-22(14)16(17)18)12-15(23)20-8-10-24-13-5-3-2-4-6-13/h2-7,9,16H,8,10-12H2,1H3,(H,20,23). The molecule has 0 radical (unpaired) electrons. The number of halogens is 2. The van der Waals surface area contributed by atoms with Gasteiger partial charge in [0.05, 0.1) is 19.6 Å². The van der Waals surface area contributed by atoms with E-state index in [4.69, 9.17) is 4.74 Å². The number of para-hydroxylation sites is 1. The lowest BCUT2D eigenvalue weighted by Crippen LogP contribution is -2.37. The van der Waals surface area contributed by atoms with E-state index in [0.717, 1.165) is 10.3 Å². The lowest BCUT2D eigenvalue weighted by atomic mass is 10.3. The largest absolute Gasteiger partial charge is 0.492 e. The highest BCUT2D eigenvalue weighted by molar-refractivity contribution is 5.77. The number of likely N-dealkylation sites (N-methyl/N-ethyl adjacent to an activating group) is 1. The predicted molar refractivity (Wildman–Crippen MR) is 84.8 cm³/mol. The van der Waals surface area contributed by atoms with E-state index in [1.54, 1.807) is 11.9 Å². The zero-order chi connectivity index (χ0) is 17.4. The molecule has 0 aliphatic heterocycles. The molecule has 1 aromatic carbocycles.